The molecule has 3 aromatic rings. The summed E-state index contributed by atoms with van der Waals surface area (Å²) in [6.45, 7) is -0.424. The molecule has 25 heavy (non-hydrogen) atoms. The van der Waals surface area contributed by atoms with Gasteiger partial charge >= 0.3 is 12.1 Å². The van der Waals surface area contributed by atoms with E-state index in [-0.39, 0.29) is 5.75 Å². The number of hydrogen-bond acceptors (Lipinski definition) is 4. The number of methoxy groups -OCH3 is 1. The number of rotatable bonds is 4. The minimum Gasteiger partial charge on any atom is -0.497 e. The van der Waals surface area contributed by atoms with E-state index in [4.69, 9.17) is 9.47 Å². The smallest absolute Gasteiger partial charge is 0.435 e. The van der Waals surface area contributed by atoms with Crippen molar-refractivity contribution in [3.63, 3.8) is 0 Å². The lowest BCUT2D eigenvalue weighted by molar-refractivity contribution is -0.142. The summed E-state index contributed by atoms with van der Waals surface area (Å²) >= 11 is 0. The minimum atomic E-state index is -4.55. The van der Waals surface area contributed by atoms with Gasteiger partial charge in [-0.25, -0.2) is 4.79 Å². The summed E-state index contributed by atoms with van der Waals surface area (Å²) in [6.07, 6.45) is -3.47. The molecule has 0 aliphatic carbocycles. The highest BCUT2D eigenvalue weighted by molar-refractivity contribution is 5.86. The lowest BCUT2D eigenvalue weighted by Gasteiger charge is -2.07. The molecule has 0 aliphatic heterocycles. The van der Waals surface area contributed by atoms with Crippen molar-refractivity contribution in [1.29, 1.82) is 0 Å². The predicted molar refractivity (Wildman–Crippen MR) is 83.4 cm³/mol. The van der Waals surface area contributed by atoms with E-state index in [0.29, 0.717) is 5.75 Å². The van der Waals surface area contributed by atoms with Gasteiger partial charge in [-0.1, -0.05) is 12.1 Å². The molecule has 0 N–H and O–H groups in total. The Balaban J connectivity index is 1.72. The molecule has 0 amide bonds. The number of benzene rings is 2. The molecule has 3 rings (SSSR count). The van der Waals surface area contributed by atoms with Gasteiger partial charge in [0.1, 0.15) is 18.0 Å². The Morgan fingerprint density at radius 1 is 1.08 bits per heavy atom. The summed E-state index contributed by atoms with van der Waals surface area (Å²) in [5.74, 6) is 0.222. The zero-order valence-electron chi connectivity index (χ0n) is 13.1. The van der Waals surface area contributed by atoms with E-state index in [2.05, 4.69) is 5.10 Å². The molecule has 0 spiro atoms. The molecule has 1 heterocycles. The number of aromatic nitrogens is 2. The zero-order valence-corrected chi connectivity index (χ0v) is 13.1. The first-order chi connectivity index (χ1) is 11.8. The van der Waals surface area contributed by atoms with Crippen molar-refractivity contribution in [1.82, 2.24) is 9.78 Å². The van der Waals surface area contributed by atoms with E-state index >= 15 is 0 Å². The highest BCUT2D eigenvalue weighted by atomic mass is 19.4. The Bertz CT molecular complexity index is 919. The van der Waals surface area contributed by atoms with Crippen molar-refractivity contribution in [2.75, 3.05) is 7.11 Å². The van der Waals surface area contributed by atoms with Crippen molar-refractivity contribution in [3.8, 4) is 11.5 Å². The van der Waals surface area contributed by atoms with Crippen LogP contribution < -0.4 is 9.47 Å². The molecule has 130 valence electrons. The molecular weight excluding hydrogens is 337 g/mol. The number of esters is 1. The first-order valence-corrected chi connectivity index (χ1v) is 7.24. The molecule has 1 aromatic heterocycles. The van der Waals surface area contributed by atoms with Crippen LogP contribution in [0, 0.1) is 0 Å². The monoisotopic (exact) mass is 350 g/mol. The zero-order chi connectivity index (χ0) is 18.0. The van der Waals surface area contributed by atoms with E-state index in [9.17, 15) is 18.0 Å². The Hall–Kier alpha value is -3.03. The van der Waals surface area contributed by atoms with Crippen LogP contribution >= 0.6 is 0 Å². The summed E-state index contributed by atoms with van der Waals surface area (Å²) in [4.78, 5) is 11.9. The maximum atomic E-state index is 12.5. The third-order valence-electron chi connectivity index (χ3n) is 3.47. The number of hydrogen-bond donors (Lipinski definition) is 0. The Morgan fingerprint density at radius 3 is 2.40 bits per heavy atom. The molecule has 8 heteroatoms. The second kappa shape index (κ2) is 6.46. The van der Waals surface area contributed by atoms with Gasteiger partial charge in [-0.05, 0) is 41.1 Å². The predicted octanol–water partition coefficient (Wildman–Crippen LogP) is 3.67. The van der Waals surface area contributed by atoms with Gasteiger partial charge in [0.2, 0.25) is 0 Å². The molecule has 0 unspecified atom stereocenters. The van der Waals surface area contributed by atoms with Crippen LogP contribution in [0.15, 0.2) is 48.7 Å². The van der Waals surface area contributed by atoms with Crippen LogP contribution in [-0.2, 0) is 17.5 Å². The van der Waals surface area contributed by atoms with Crippen LogP contribution in [0.25, 0.3) is 10.8 Å². The van der Waals surface area contributed by atoms with Crippen molar-refractivity contribution < 1.29 is 27.4 Å². The molecule has 0 bridgehead atoms. The SMILES string of the molecule is COc1ccc2ccc(OC(=O)Cn3ccc(C(F)(F)F)n3)cc2c1. The second-order valence-electron chi connectivity index (χ2n) is 5.25. The van der Waals surface area contributed by atoms with E-state index in [1.54, 1.807) is 31.4 Å². The highest BCUT2D eigenvalue weighted by Gasteiger charge is 2.33. The minimum absolute atomic E-state index is 0.286. The Labute approximate surface area is 140 Å². The van der Waals surface area contributed by atoms with E-state index in [0.717, 1.165) is 27.7 Å². The number of nitrogens with zero attached hydrogens (tertiary/aromatic N) is 2. The number of carbonyl (C=O) groups is 1. The highest BCUT2D eigenvalue weighted by Crippen LogP contribution is 2.27. The van der Waals surface area contributed by atoms with E-state index < -0.39 is 24.4 Å². The summed E-state index contributed by atoms with van der Waals surface area (Å²) < 4.78 is 48.7. The maximum Gasteiger partial charge on any atom is 0.435 e. The van der Waals surface area contributed by atoms with Gasteiger partial charge in [0.15, 0.2) is 5.69 Å². The lowest BCUT2D eigenvalue weighted by atomic mass is 10.1. The molecule has 5 nitrogen and oxygen atoms in total. The van der Waals surface area contributed by atoms with Crippen molar-refractivity contribution in [2.24, 2.45) is 0 Å². The number of ether oxygens (including phenoxy) is 2. The van der Waals surface area contributed by atoms with E-state index in [1.165, 1.54) is 0 Å². The lowest BCUT2D eigenvalue weighted by Crippen LogP contribution is -2.17. The normalized spacial score (nSPS) is 11.5. The molecule has 0 aliphatic rings. The summed E-state index contributed by atoms with van der Waals surface area (Å²) in [5, 5.41) is 5.05. The molecule has 0 fully saturated rings. The van der Waals surface area contributed by atoms with Crippen LogP contribution in [-0.4, -0.2) is 22.9 Å². The fourth-order valence-corrected chi connectivity index (χ4v) is 2.29. The quantitative estimate of drug-likeness (QED) is 0.532. The average molecular weight is 350 g/mol. The van der Waals surface area contributed by atoms with Crippen LogP contribution in [0.1, 0.15) is 5.69 Å². The van der Waals surface area contributed by atoms with Crippen molar-refractivity contribution >= 4 is 16.7 Å². The summed E-state index contributed by atoms with van der Waals surface area (Å²) in [7, 11) is 1.55. The molecule has 0 saturated heterocycles. The van der Waals surface area contributed by atoms with Gasteiger partial charge in [-0.15, -0.1) is 0 Å². The molecule has 0 radical (unpaired) electrons. The first-order valence-electron chi connectivity index (χ1n) is 7.24. The standard InChI is InChI=1S/C17H13F3N2O3/c1-24-13-4-2-11-3-5-14(9-12(11)8-13)25-16(23)10-22-7-6-15(21-22)17(18,19)20/h2-9H,10H2,1H3. The molecule has 0 saturated carbocycles. The van der Waals surface area contributed by atoms with Crippen LogP contribution in [0.2, 0.25) is 0 Å². The first kappa shape index (κ1) is 16.8. The van der Waals surface area contributed by atoms with Gasteiger partial charge in [-0.2, -0.15) is 18.3 Å². The average Bonchev–Trinajstić information content (AvgIpc) is 3.02. The van der Waals surface area contributed by atoms with Gasteiger partial charge in [-0.3, -0.25) is 4.68 Å². The van der Waals surface area contributed by atoms with Crippen LogP contribution in [0.5, 0.6) is 11.5 Å². The van der Waals surface area contributed by atoms with Crippen LogP contribution in [0.4, 0.5) is 13.2 Å². The van der Waals surface area contributed by atoms with Crippen molar-refractivity contribution in [3.05, 3.63) is 54.4 Å². The number of halogens is 3. The van der Waals surface area contributed by atoms with Gasteiger partial charge < -0.3 is 9.47 Å². The molecular formula is C17H13F3N2O3. The Morgan fingerprint density at radius 2 is 1.76 bits per heavy atom. The summed E-state index contributed by atoms with van der Waals surface area (Å²) in [5.41, 5.74) is -1.06. The number of fused-ring (bicyclic) bond motifs is 1. The third kappa shape index (κ3) is 3.90. The van der Waals surface area contributed by atoms with Gasteiger partial charge in [0.25, 0.3) is 0 Å². The maximum absolute atomic E-state index is 12.5. The van der Waals surface area contributed by atoms with E-state index in [1.807, 2.05) is 12.1 Å². The fraction of sp³-hybridized carbons (Fsp3) is 0.176. The topological polar surface area (TPSA) is 53.4 Å². The Kier molecular flexibility index (Phi) is 4.35. The van der Waals surface area contributed by atoms with Crippen molar-refractivity contribution in [2.45, 2.75) is 12.7 Å². The third-order valence-corrected chi connectivity index (χ3v) is 3.47. The fourth-order valence-electron chi connectivity index (χ4n) is 2.29. The molecule has 0 atom stereocenters. The van der Waals surface area contributed by atoms with Gasteiger partial charge in [0, 0.05) is 6.20 Å². The van der Waals surface area contributed by atoms with Gasteiger partial charge in [0.05, 0.1) is 7.11 Å². The second-order valence-corrected chi connectivity index (χ2v) is 5.25. The summed E-state index contributed by atoms with van der Waals surface area (Å²) in [6, 6.07) is 11.3. The largest absolute Gasteiger partial charge is 0.497 e. The molecule has 2 aromatic carbocycles. The number of alkyl halides is 3. The number of carbonyl (C=O) groups excluding carboxylic acids is 1. The van der Waals surface area contributed by atoms with Crippen LogP contribution in [0.3, 0.4) is 0 Å².